The van der Waals surface area contributed by atoms with Crippen LogP contribution in [0.25, 0.3) is 21.5 Å². The molecule has 4 rings (SSSR count). The lowest BCUT2D eigenvalue weighted by molar-refractivity contribution is 0.349. The summed E-state index contributed by atoms with van der Waals surface area (Å²) in [7, 11) is 0. The zero-order valence-corrected chi connectivity index (χ0v) is 14.1. The van der Waals surface area contributed by atoms with Gasteiger partial charge in [-0.1, -0.05) is 31.9 Å². The molecule has 3 nitrogen and oxygen atoms in total. The average Bonchev–Trinajstić information content (AvgIpc) is 3.00. The molecule has 0 aliphatic heterocycles. The van der Waals surface area contributed by atoms with Crippen LogP contribution in [0.2, 0.25) is 0 Å². The quantitative estimate of drug-likeness (QED) is 0.657. The monoisotopic (exact) mass is 323 g/mol. The van der Waals surface area contributed by atoms with Crippen LogP contribution in [-0.2, 0) is 0 Å². The second-order valence-electron chi connectivity index (χ2n) is 6.67. The molecule has 0 spiro atoms. The highest BCUT2D eigenvalue weighted by molar-refractivity contribution is 7.17. The van der Waals surface area contributed by atoms with Gasteiger partial charge >= 0.3 is 0 Å². The van der Waals surface area contributed by atoms with Crippen molar-refractivity contribution in [3.8, 4) is 11.3 Å². The highest BCUT2D eigenvalue weighted by atomic mass is 32.1. The molecule has 0 unspecified atom stereocenters. The predicted molar refractivity (Wildman–Crippen MR) is 97.6 cm³/mol. The fourth-order valence-electron chi connectivity index (χ4n) is 3.58. The summed E-state index contributed by atoms with van der Waals surface area (Å²) in [5.74, 6) is 1.53. The third-order valence-corrected chi connectivity index (χ3v) is 6.01. The lowest BCUT2D eigenvalue weighted by Gasteiger charge is -2.25. The number of nitrogens with two attached hydrogens (primary N) is 1. The smallest absolute Gasteiger partial charge is 0.116 e. The first kappa shape index (κ1) is 14.6. The summed E-state index contributed by atoms with van der Waals surface area (Å²) in [5, 5.41) is 2.31. The fourth-order valence-corrected chi connectivity index (χ4v) is 4.69. The van der Waals surface area contributed by atoms with Gasteiger partial charge in [0.1, 0.15) is 6.33 Å². The molecule has 0 radical (unpaired) electrons. The number of hydrogen-bond acceptors (Lipinski definition) is 4. The number of benzene rings is 1. The molecular formula is C19H21N3S. The first-order valence-electron chi connectivity index (χ1n) is 8.30. The van der Waals surface area contributed by atoms with Crippen LogP contribution >= 0.6 is 11.3 Å². The van der Waals surface area contributed by atoms with Crippen molar-refractivity contribution in [1.82, 2.24) is 9.97 Å². The molecule has 118 valence electrons. The number of fused-ring (bicyclic) bond motifs is 1. The first-order chi connectivity index (χ1) is 11.2. The topological polar surface area (TPSA) is 51.8 Å². The van der Waals surface area contributed by atoms with Crippen molar-refractivity contribution >= 4 is 27.2 Å². The molecule has 2 aromatic heterocycles. The van der Waals surface area contributed by atoms with E-state index in [9.17, 15) is 0 Å². The van der Waals surface area contributed by atoms with Crippen molar-refractivity contribution in [2.45, 2.75) is 38.5 Å². The molecule has 1 aliphatic carbocycles. The first-order valence-corrected chi connectivity index (χ1v) is 9.18. The van der Waals surface area contributed by atoms with Gasteiger partial charge in [-0.2, -0.15) is 0 Å². The molecule has 23 heavy (non-hydrogen) atoms. The maximum atomic E-state index is 5.80. The van der Waals surface area contributed by atoms with Crippen LogP contribution in [0.15, 0.2) is 36.0 Å². The lowest BCUT2D eigenvalue weighted by Crippen LogP contribution is -2.10. The van der Waals surface area contributed by atoms with Gasteiger partial charge in [-0.15, -0.1) is 11.3 Å². The number of nitrogen functional groups attached to an aromatic ring is 1. The van der Waals surface area contributed by atoms with Gasteiger partial charge in [-0.3, -0.25) is 0 Å². The zero-order chi connectivity index (χ0) is 15.8. The Morgan fingerprint density at radius 3 is 2.52 bits per heavy atom. The highest BCUT2D eigenvalue weighted by Gasteiger charge is 2.23. The van der Waals surface area contributed by atoms with Gasteiger partial charge in [-0.25, -0.2) is 9.97 Å². The van der Waals surface area contributed by atoms with E-state index in [-0.39, 0.29) is 0 Å². The number of rotatable bonds is 2. The molecule has 1 fully saturated rings. The van der Waals surface area contributed by atoms with E-state index < -0.39 is 0 Å². The Morgan fingerprint density at radius 1 is 1.04 bits per heavy atom. The third-order valence-electron chi connectivity index (χ3n) is 5.02. The SMILES string of the molecule is CC1CCC(c2csc3c(-c4ccc(N)cc4)ncnc23)CC1. The van der Waals surface area contributed by atoms with E-state index in [1.165, 1.54) is 35.9 Å². The largest absolute Gasteiger partial charge is 0.399 e. The van der Waals surface area contributed by atoms with Gasteiger partial charge in [0.05, 0.1) is 15.9 Å². The van der Waals surface area contributed by atoms with Crippen molar-refractivity contribution in [2.24, 2.45) is 5.92 Å². The zero-order valence-electron chi connectivity index (χ0n) is 13.3. The number of aromatic nitrogens is 2. The molecule has 2 N–H and O–H groups in total. The number of thiophene rings is 1. The Labute approximate surface area is 140 Å². The van der Waals surface area contributed by atoms with Crippen molar-refractivity contribution in [1.29, 1.82) is 0 Å². The minimum absolute atomic E-state index is 0.661. The fraction of sp³-hybridized carbons (Fsp3) is 0.368. The van der Waals surface area contributed by atoms with Crippen LogP contribution in [0, 0.1) is 5.92 Å². The van der Waals surface area contributed by atoms with Crippen LogP contribution in [0.1, 0.15) is 44.1 Å². The standard InChI is InChI=1S/C19H21N3S/c1-12-2-4-13(5-3-12)16-10-23-19-17(21-11-22-18(16)19)14-6-8-15(20)9-7-14/h6-13H,2-5,20H2,1H3. The van der Waals surface area contributed by atoms with E-state index in [2.05, 4.69) is 22.3 Å². The molecule has 0 saturated heterocycles. The van der Waals surface area contributed by atoms with Crippen molar-refractivity contribution < 1.29 is 0 Å². The van der Waals surface area contributed by atoms with Gasteiger partial charge in [0.25, 0.3) is 0 Å². The molecule has 1 saturated carbocycles. The van der Waals surface area contributed by atoms with Gasteiger partial charge in [-0.05, 0) is 47.8 Å². The summed E-state index contributed by atoms with van der Waals surface area (Å²) in [6.45, 7) is 2.36. The second-order valence-corrected chi connectivity index (χ2v) is 7.55. The molecule has 3 aromatic rings. The molecule has 2 heterocycles. The maximum absolute atomic E-state index is 5.80. The molecule has 0 amide bonds. The van der Waals surface area contributed by atoms with Crippen molar-refractivity contribution in [3.63, 3.8) is 0 Å². The van der Waals surface area contributed by atoms with Crippen LogP contribution in [0.4, 0.5) is 5.69 Å². The Hall–Kier alpha value is -1.94. The summed E-state index contributed by atoms with van der Waals surface area (Å²) in [6.07, 6.45) is 6.94. The minimum atomic E-state index is 0.661. The summed E-state index contributed by atoms with van der Waals surface area (Å²) in [4.78, 5) is 9.15. The van der Waals surface area contributed by atoms with Crippen LogP contribution < -0.4 is 5.73 Å². The van der Waals surface area contributed by atoms with E-state index in [1.54, 1.807) is 17.7 Å². The highest BCUT2D eigenvalue weighted by Crippen LogP contribution is 2.41. The molecule has 1 aromatic carbocycles. The molecule has 1 aliphatic rings. The van der Waals surface area contributed by atoms with Crippen molar-refractivity contribution in [3.05, 3.63) is 41.5 Å². The molecular weight excluding hydrogens is 302 g/mol. The Balaban J connectivity index is 1.76. The van der Waals surface area contributed by atoms with Crippen molar-refractivity contribution in [2.75, 3.05) is 5.73 Å². The molecule has 0 bridgehead atoms. The number of anilines is 1. The summed E-state index contributed by atoms with van der Waals surface area (Å²) >= 11 is 1.78. The third kappa shape index (κ3) is 2.72. The lowest BCUT2D eigenvalue weighted by atomic mass is 9.80. The Morgan fingerprint density at radius 2 is 1.78 bits per heavy atom. The van der Waals surface area contributed by atoms with E-state index >= 15 is 0 Å². The number of hydrogen-bond donors (Lipinski definition) is 1. The maximum Gasteiger partial charge on any atom is 0.116 e. The van der Waals surface area contributed by atoms with Gasteiger partial charge in [0.15, 0.2) is 0 Å². The Kier molecular flexibility index (Phi) is 3.77. The Bertz CT molecular complexity index is 814. The van der Waals surface area contributed by atoms with Gasteiger partial charge in [0.2, 0.25) is 0 Å². The second kappa shape index (κ2) is 5.93. The predicted octanol–water partition coefficient (Wildman–Crippen LogP) is 5.23. The van der Waals surface area contributed by atoms with Crippen LogP contribution in [-0.4, -0.2) is 9.97 Å². The van der Waals surface area contributed by atoms with E-state index in [1.807, 2.05) is 24.3 Å². The van der Waals surface area contributed by atoms with E-state index in [0.29, 0.717) is 5.92 Å². The summed E-state index contributed by atoms with van der Waals surface area (Å²) < 4.78 is 1.20. The number of nitrogens with zero attached hydrogens (tertiary/aromatic N) is 2. The van der Waals surface area contributed by atoms with Gasteiger partial charge in [0, 0.05) is 11.3 Å². The molecule has 4 heteroatoms. The van der Waals surface area contributed by atoms with E-state index in [0.717, 1.165) is 28.4 Å². The van der Waals surface area contributed by atoms with Gasteiger partial charge < -0.3 is 5.73 Å². The van der Waals surface area contributed by atoms with Crippen LogP contribution in [0.5, 0.6) is 0 Å². The van der Waals surface area contributed by atoms with E-state index in [4.69, 9.17) is 5.73 Å². The summed E-state index contributed by atoms with van der Waals surface area (Å²) in [5.41, 5.74) is 11.3. The summed E-state index contributed by atoms with van der Waals surface area (Å²) in [6, 6.07) is 7.94. The normalized spacial score (nSPS) is 21.6. The average molecular weight is 323 g/mol. The minimum Gasteiger partial charge on any atom is -0.399 e. The van der Waals surface area contributed by atoms with Crippen LogP contribution in [0.3, 0.4) is 0 Å². The molecule has 0 atom stereocenters.